The summed E-state index contributed by atoms with van der Waals surface area (Å²) in [5.74, 6) is 1.37. The predicted molar refractivity (Wildman–Crippen MR) is 108 cm³/mol. The van der Waals surface area contributed by atoms with Crippen molar-refractivity contribution in [1.29, 1.82) is 0 Å². The Morgan fingerprint density at radius 1 is 1.11 bits per heavy atom. The van der Waals surface area contributed by atoms with Crippen LogP contribution in [0.5, 0.6) is 0 Å². The van der Waals surface area contributed by atoms with Gasteiger partial charge in [0.25, 0.3) is 5.91 Å². The molecule has 0 spiro atoms. The molecule has 6 nitrogen and oxygen atoms in total. The predicted octanol–water partition coefficient (Wildman–Crippen LogP) is 2.29. The molecule has 27 heavy (non-hydrogen) atoms. The van der Waals surface area contributed by atoms with Crippen molar-refractivity contribution >= 4 is 11.7 Å². The average Bonchev–Trinajstić information content (AvgIpc) is 2.71. The highest BCUT2D eigenvalue weighted by atomic mass is 16.1. The smallest absolute Gasteiger partial charge is 0.270 e. The van der Waals surface area contributed by atoms with Gasteiger partial charge in [0, 0.05) is 38.8 Å². The molecule has 1 N–H and O–H groups in total. The lowest BCUT2D eigenvalue weighted by Gasteiger charge is -2.34. The highest BCUT2D eigenvalue weighted by molar-refractivity contribution is 5.92. The van der Waals surface area contributed by atoms with Crippen LogP contribution in [-0.2, 0) is 6.42 Å². The molecule has 0 unspecified atom stereocenters. The van der Waals surface area contributed by atoms with Gasteiger partial charge in [0.2, 0.25) is 0 Å². The molecule has 1 fully saturated rings. The molecular formula is C21H29N5O. The minimum Gasteiger partial charge on any atom is -0.354 e. The molecule has 0 radical (unpaired) electrons. The van der Waals surface area contributed by atoms with Crippen molar-refractivity contribution in [2.45, 2.75) is 26.7 Å². The van der Waals surface area contributed by atoms with Gasteiger partial charge in [-0.05, 0) is 31.9 Å². The molecule has 1 amide bonds. The minimum atomic E-state index is -0.123. The first-order chi connectivity index (χ1) is 13.2. The Morgan fingerprint density at radius 2 is 1.85 bits per heavy atom. The van der Waals surface area contributed by atoms with E-state index in [2.05, 4.69) is 44.1 Å². The van der Waals surface area contributed by atoms with E-state index >= 15 is 0 Å². The number of likely N-dealkylation sites (N-methyl/N-ethyl adjacent to an activating group) is 1. The third-order valence-corrected chi connectivity index (χ3v) is 4.97. The summed E-state index contributed by atoms with van der Waals surface area (Å²) in [7, 11) is 0. The fourth-order valence-corrected chi connectivity index (χ4v) is 3.35. The number of aromatic nitrogens is 2. The van der Waals surface area contributed by atoms with Gasteiger partial charge in [0.05, 0.1) is 0 Å². The van der Waals surface area contributed by atoms with Crippen LogP contribution in [0.2, 0.25) is 0 Å². The standard InChI is InChI=1S/C21H29N5O/c1-3-25-12-14-26(15-13-25)20-16-19(23-17(2)24-20)21(27)22-11-7-10-18-8-5-4-6-9-18/h4-6,8-9,16H,3,7,10-15H2,1-2H3,(H,22,27). The summed E-state index contributed by atoms with van der Waals surface area (Å²) in [5, 5.41) is 2.99. The molecule has 2 heterocycles. The van der Waals surface area contributed by atoms with Gasteiger partial charge in [-0.3, -0.25) is 4.79 Å². The van der Waals surface area contributed by atoms with Crippen LogP contribution in [0, 0.1) is 6.92 Å². The zero-order valence-corrected chi connectivity index (χ0v) is 16.3. The largest absolute Gasteiger partial charge is 0.354 e. The number of anilines is 1. The summed E-state index contributed by atoms with van der Waals surface area (Å²) in [6.07, 6.45) is 1.86. The SMILES string of the molecule is CCN1CCN(c2cc(C(=O)NCCCc3ccccc3)nc(C)n2)CC1. The van der Waals surface area contributed by atoms with Crippen molar-refractivity contribution in [3.05, 3.63) is 53.5 Å². The van der Waals surface area contributed by atoms with Crippen LogP contribution < -0.4 is 10.2 Å². The first kappa shape index (κ1) is 19.3. The van der Waals surface area contributed by atoms with Crippen LogP contribution in [0.3, 0.4) is 0 Å². The summed E-state index contributed by atoms with van der Waals surface area (Å²) in [4.78, 5) is 26.1. The molecule has 1 aromatic carbocycles. The molecular weight excluding hydrogens is 338 g/mol. The summed E-state index contributed by atoms with van der Waals surface area (Å²) in [6.45, 7) is 9.67. The Bertz CT molecular complexity index is 741. The summed E-state index contributed by atoms with van der Waals surface area (Å²) in [6, 6.07) is 12.1. The molecule has 3 rings (SSSR count). The van der Waals surface area contributed by atoms with Gasteiger partial charge in [0.1, 0.15) is 17.3 Å². The number of aryl methyl sites for hydroxylation is 2. The molecule has 2 aromatic rings. The van der Waals surface area contributed by atoms with Gasteiger partial charge < -0.3 is 15.1 Å². The van der Waals surface area contributed by atoms with E-state index in [9.17, 15) is 4.79 Å². The van der Waals surface area contributed by atoms with Crippen LogP contribution in [0.25, 0.3) is 0 Å². The third kappa shape index (κ3) is 5.50. The van der Waals surface area contributed by atoms with Gasteiger partial charge in [-0.25, -0.2) is 9.97 Å². The molecule has 0 saturated carbocycles. The lowest BCUT2D eigenvalue weighted by Crippen LogP contribution is -2.46. The Morgan fingerprint density at radius 3 is 2.56 bits per heavy atom. The van der Waals surface area contributed by atoms with Crippen LogP contribution in [-0.4, -0.2) is 60.0 Å². The van der Waals surface area contributed by atoms with Crippen molar-refractivity contribution in [1.82, 2.24) is 20.2 Å². The zero-order valence-electron chi connectivity index (χ0n) is 16.3. The number of carbonyl (C=O) groups is 1. The minimum absolute atomic E-state index is 0.123. The lowest BCUT2D eigenvalue weighted by molar-refractivity contribution is 0.0948. The molecule has 1 aliphatic heterocycles. The highest BCUT2D eigenvalue weighted by Crippen LogP contribution is 2.15. The Labute approximate surface area is 161 Å². The van der Waals surface area contributed by atoms with Crippen LogP contribution in [0.4, 0.5) is 5.82 Å². The monoisotopic (exact) mass is 367 g/mol. The van der Waals surface area contributed by atoms with E-state index in [4.69, 9.17) is 0 Å². The van der Waals surface area contributed by atoms with Crippen molar-refractivity contribution < 1.29 is 4.79 Å². The van der Waals surface area contributed by atoms with Crippen molar-refractivity contribution in [3.63, 3.8) is 0 Å². The van der Waals surface area contributed by atoms with E-state index in [1.807, 2.05) is 31.2 Å². The maximum atomic E-state index is 12.5. The van der Waals surface area contributed by atoms with E-state index in [0.717, 1.165) is 51.4 Å². The Hall–Kier alpha value is -2.47. The van der Waals surface area contributed by atoms with Crippen molar-refractivity contribution in [3.8, 4) is 0 Å². The number of benzene rings is 1. The first-order valence-electron chi connectivity index (χ1n) is 9.81. The fourth-order valence-electron chi connectivity index (χ4n) is 3.35. The zero-order chi connectivity index (χ0) is 19.1. The number of carbonyl (C=O) groups excluding carboxylic acids is 1. The molecule has 144 valence electrons. The summed E-state index contributed by atoms with van der Waals surface area (Å²) in [5.41, 5.74) is 1.74. The molecule has 0 atom stereocenters. The quantitative estimate of drug-likeness (QED) is 0.761. The van der Waals surface area contributed by atoms with Gasteiger partial charge in [-0.1, -0.05) is 37.3 Å². The van der Waals surface area contributed by atoms with Crippen LogP contribution in [0.1, 0.15) is 35.2 Å². The van der Waals surface area contributed by atoms with Crippen molar-refractivity contribution in [2.75, 3.05) is 44.2 Å². The first-order valence-corrected chi connectivity index (χ1v) is 9.81. The lowest BCUT2D eigenvalue weighted by atomic mass is 10.1. The normalized spacial score (nSPS) is 15.0. The van der Waals surface area contributed by atoms with E-state index in [-0.39, 0.29) is 5.91 Å². The van der Waals surface area contributed by atoms with Gasteiger partial charge >= 0.3 is 0 Å². The topological polar surface area (TPSA) is 61.4 Å². The third-order valence-electron chi connectivity index (χ3n) is 4.97. The van der Waals surface area contributed by atoms with Gasteiger partial charge in [0.15, 0.2) is 0 Å². The average molecular weight is 367 g/mol. The second-order valence-corrected chi connectivity index (χ2v) is 6.92. The molecule has 0 aliphatic carbocycles. The second kappa shape index (κ2) is 9.46. The maximum absolute atomic E-state index is 12.5. The Balaban J connectivity index is 1.54. The number of hydrogen-bond donors (Lipinski definition) is 1. The molecule has 1 aromatic heterocycles. The Kier molecular flexibility index (Phi) is 6.76. The van der Waals surface area contributed by atoms with Crippen molar-refractivity contribution in [2.24, 2.45) is 0 Å². The van der Waals surface area contributed by atoms with E-state index in [1.165, 1.54) is 5.56 Å². The van der Waals surface area contributed by atoms with Crippen LogP contribution >= 0.6 is 0 Å². The van der Waals surface area contributed by atoms with Gasteiger partial charge in [-0.2, -0.15) is 0 Å². The summed E-state index contributed by atoms with van der Waals surface area (Å²) >= 11 is 0. The molecule has 1 aliphatic rings. The van der Waals surface area contributed by atoms with E-state index in [1.54, 1.807) is 0 Å². The number of nitrogens with one attached hydrogen (secondary N) is 1. The number of hydrogen-bond acceptors (Lipinski definition) is 5. The number of nitrogens with zero attached hydrogens (tertiary/aromatic N) is 4. The van der Waals surface area contributed by atoms with E-state index < -0.39 is 0 Å². The number of amides is 1. The van der Waals surface area contributed by atoms with Crippen LogP contribution in [0.15, 0.2) is 36.4 Å². The molecule has 6 heteroatoms. The maximum Gasteiger partial charge on any atom is 0.270 e. The van der Waals surface area contributed by atoms with E-state index in [0.29, 0.717) is 18.1 Å². The molecule has 0 bridgehead atoms. The summed E-state index contributed by atoms with van der Waals surface area (Å²) < 4.78 is 0. The highest BCUT2D eigenvalue weighted by Gasteiger charge is 2.19. The van der Waals surface area contributed by atoms with Gasteiger partial charge in [-0.15, -0.1) is 0 Å². The molecule has 1 saturated heterocycles. The number of piperazine rings is 1. The number of rotatable bonds is 7. The fraction of sp³-hybridized carbons (Fsp3) is 0.476. The second-order valence-electron chi connectivity index (χ2n) is 6.92.